The lowest BCUT2D eigenvalue weighted by Gasteiger charge is -2.12. The number of ether oxygens (including phenoxy) is 2. The second-order valence-corrected chi connectivity index (χ2v) is 5.41. The van der Waals surface area contributed by atoms with Gasteiger partial charge in [-0.05, 0) is 25.1 Å². The Morgan fingerprint density at radius 3 is 2.70 bits per heavy atom. The van der Waals surface area contributed by atoms with Crippen molar-refractivity contribution < 1.29 is 23.0 Å². The Labute approximate surface area is 119 Å². The molecule has 8 heteroatoms. The smallest absolute Gasteiger partial charge is 0.299 e. The third kappa shape index (κ3) is 5.33. The summed E-state index contributed by atoms with van der Waals surface area (Å²) < 4.78 is 38.2. The number of methoxy groups -OCH3 is 1. The van der Waals surface area contributed by atoms with E-state index in [1.807, 2.05) is 6.92 Å². The normalized spacial score (nSPS) is 11.3. The van der Waals surface area contributed by atoms with Crippen LogP contribution in [0.25, 0.3) is 0 Å². The number of hydrogen-bond donors (Lipinski definition) is 3. The highest BCUT2D eigenvalue weighted by molar-refractivity contribution is 7.90. The first-order valence-electron chi connectivity index (χ1n) is 6.15. The van der Waals surface area contributed by atoms with Crippen LogP contribution in [0.4, 0.5) is 5.69 Å². The lowest BCUT2D eigenvalue weighted by Crippen LogP contribution is -2.32. The Hall–Kier alpha value is -1.35. The molecule has 1 aromatic carbocycles. The molecule has 0 heterocycles. The van der Waals surface area contributed by atoms with Crippen molar-refractivity contribution in [3.05, 3.63) is 23.8 Å². The van der Waals surface area contributed by atoms with E-state index in [0.29, 0.717) is 23.6 Å². The Morgan fingerprint density at radius 1 is 1.35 bits per heavy atom. The molecule has 3 N–H and O–H groups in total. The molecule has 0 spiro atoms. The Bertz CT molecular complexity index is 519. The van der Waals surface area contributed by atoms with Crippen LogP contribution in [0.5, 0.6) is 5.75 Å². The van der Waals surface area contributed by atoms with E-state index in [1.54, 1.807) is 12.1 Å². The molecule has 0 saturated heterocycles. The van der Waals surface area contributed by atoms with Gasteiger partial charge in [0.25, 0.3) is 10.2 Å². The van der Waals surface area contributed by atoms with Crippen molar-refractivity contribution in [2.75, 3.05) is 31.6 Å². The van der Waals surface area contributed by atoms with Crippen LogP contribution in [0.1, 0.15) is 12.5 Å². The van der Waals surface area contributed by atoms with Gasteiger partial charge in [-0.15, -0.1) is 0 Å². The van der Waals surface area contributed by atoms with E-state index >= 15 is 0 Å². The van der Waals surface area contributed by atoms with Crippen molar-refractivity contribution in [1.29, 1.82) is 0 Å². The van der Waals surface area contributed by atoms with Crippen LogP contribution in [-0.2, 0) is 21.6 Å². The zero-order valence-electron chi connectivity index (χ0n) is 11.5. The fourth-order valence-corrected chi connectivity index (χ4v) is 2.39. The summed E-state index contributed by atoms with van der Waals surface area (Å²) in [5.74, 6) is 0.533. The second-order valence-electron chi connectivity index (χ2n) is 3.91. The average Bonchev–Trinajstić information content (AvgIpc) is 2.40. The van der Waals surface area contributed by atoms with Crippen LogP contribution in [0.2, 0.25) is 0 Å². The molecule has 0 saturated carbocycles. The summed E-state index contributed by atoms with van der Waals surface area (Å²) in [6.45, 7) is 2.53. The molecular weight excluding hydrogens is 284 g/mol. The number of benzene rings is 1. The Morgan fingerprint density at radius 2 is 2.10 bits per heavy atom. The fraction of sp³-hybridized carbons (Fsp3) is 0.500. The predicted molar refractivity (Wildman–Crippen MR) is 76.0 cm³/mol. The van der Waals surface area contributed by atoms with Gasteiger partial charge >= 0.3 is 0 Å². The van der Waals surface area contributed by atoms with Gasteiger partial charge in [-0.2, -0.15) is 13.1 Å². The minimum atomic E-state index is -3.66. The average molecular weight is 304 g/mol. The van der Waals surface area contributed by atoms with Crippen molar-refractivity contribution in [1.82, 2.24) is 4.72 Å². The zero-order chi connectivity index (χ0) is 15.0. The lowest BCUT2D eigenvalue weighted by molar-refractivity contribution is 0.204. The molecule has 0 radical (unpaired) electrons. The molecule has 0 aliphatic carbocycles. The van der Waals surface area contributed by atoms with Gasteiger partial charge < -0.3 is 14.6 Å². The maximum Gasteiger partial charge on any atom is 0.299 e. The Balaban J connectivity index is 2.77. The second kappa shape index (κ2) is 8.05. The molecule has 0 aliphatic heterocycles. The number of rotatable bonds is 9. The summed E-state index contributed by atoms with van der Waals surface area (Å²) >= 11 is 0. The van der Waals surface area contributed by atoms with Gasteiger partial charge in [0.05, 0.1) is 25.5 Å². The summed E-state index contributed by atoms with van der Waals surface area (Å²) in [6.07, 6.45) is 0. The molecule has 114 valence electrons. The third-order valence-corrected chi connectivity index (χ3v) is 3.47. The van der Waals surface area contributed by atoms with Gasteiger partial charge in [-0.25, -0.2) is 0 Å². The van der Waals surface area contributed by atoms with E-state index in [2.05, 4.69) is 9.44 Å². The zero-order valence-corrected chi connectivity index (χ0v) is 12.4. The largest absolute Gasteiger partial charge is 0.494 e. The third-order valence-electron chi connectivity index (χ3n) is 2.38. The molecule has 7 nitrogen and oxygen atoms in total. The highest BCUT2D eigenvalue weighted by Crippen LogP contribution is 2.23. The number of nitrogens with one attached hydrogen (secondary N) is 2. The van der Waals surface area contributed by atoms with E-state index in [9.17, 15) is 13.5 Å². The first-order chi connectivity index (χ1) is 9.52. The number of aliphatic hydroxyl groups is 1. The van der Waals surface area contributed by atoms with E-state index in [0.717, 1.165) is 0 Å². The molecule has 1 aromatic rings. The molecule has 0 aliphatic rings. The summed E-state index contributed by atoms with van der Waals surface area (Å²) in [4.78, 5) is 0. The molecule has 0 bridgehead atoms. The van der Waals surface area contributed by atoms with Crippen LogP contribution in [0.3, 0.4) is 0 Å². The van der Waals surface area contributed by atoms with Gasteiger partial charge in [0, 0.05) is 19.2 Å². The SMILES string of the molecule is CCOc1ccc(NS(=O)(=O)NCCOC)cc1CO. The van der Waals surface area contributed by atoms with Gasteiger partial charge in [0.1, 0.15) is 5.75 Å². The van der Waals surface area contributed by atoms with Crippen molar-refractivity contribution >= 4 is 15.9 Å². The first-order valence-corrected chi connectivity index (χ1v) is 7.63. The molecule has 0 amide bonds. The molecule has 0 aromatic heterocycles. The van der Waals surface area contributed by atoms with Gasteiger partial charge in [0.2, 0.25) is 0 Å². The van der Waals surface area contributed by atoms with Crippen molar-refractivity contribution in [2.45, 2.75) is 13.5 Å². The van der Waals surface area contributed by atoms with Crippen LogP contribution < -0.4 is 14.2 Å². The molecule has 20 heavy (non-hydrogen) atoms. The lowest BCUT2D eigenvalue weighted by atomic mass is 10.2. The minimum Gasteiger partial charge on any atom is -0.494 e. The highest BCUT2D eigenvalue weighted by Gasteiger charge is 2.11. The van der Waals surface area contributed by atoms with Crippen molar-refractivity contribution in [2.24, 2.45) is 0 Å². The van der Waals surface area contributed by atoms with Crippen LogP contribution in [0.15, 0.2) is 18.2 Å². The van der Waals surface area contributed by atoms with Gasteiger partial charge in [-0.1, -0.05) is 0 Å². The van der Waals surface area contributed by atoms with Crippen LogP contribution in [-0.4, -0.2) is 40.4 Å². The van der Waals surface area contributed by atoms with E-state index < -0.39 is 10.2 Å². The standard InChI is InChI=1S/C12H20N2O5S/c1-3-19-12-5-4-11(8-10(12)9-15)14-20(16,17)13-6-7-18-2/h4-5,8,13-15H,3,6-7,9H2,1-2H3. The van der Waals surface area contributed by atoms with Crippen LogP contribution >= 0.6 is 0 Å². The minimum absolute atomic E-state index is 0.176. The predicted octanol–water partition coefficient (Wildman–Crippen LogP) is 0.470. The summed E-state index contributed by atoms with van der Waals surface area (Å²) in [5.41, 5.74) is 0.867. The molecule has 0 unspecified atom stereocenters. The molecular formula is C12H20N2O5S. The first kappa shape index (κ1) is 16.7. The monoisotopic (exact) mass is 304 g/mol. The maximum atomic E-state index is 11.7. The van der Waals surface area contributed by atoms with Crippen molar-refractivity contribution in [3.63, 3.8) is 0 Å². The van der Waals surface area contributed by atoms with E-state index in [4.69, 9.17) is 9.47 Å². The summed E-state index contributed by atoms with van der Waals surface area (Å²) in [7, 11) is -2.17. The molecule has 0 fully saturated rings. The van der Waals surface area contributed by atoms with E-state index in [1.165, 1.54) is 13.2 Å². The molecule has 0 atom stereocenters. The Kier molecular flexibility index (Phi) is 6.73. The van der Waals surface area contributed by atoms with Gasteiger partial charge in [0.15, 0.2) is 0 Å². The maximum absolute atomic E-state index is 11.7. The quantitative estimate of drug-likeness (QED) is 0.576. The van der Waals surface area contributed by atoms with E-state index in [-0.39, 0.29) is 19.8 Å². The van der Waals surface area contributed by atoms with Gasteiger partial charge in [-0.3, -0.25) is 4.72 Å². The number of aliphatic hydroxyl groups excluding tert-OH is 1. The number of hydrogen-bond acceptors (Lipinski definition) is 5. The topological polar surface area (TPSA) is 96.9 Å². The number of anilines is 1. The molecule has 1 rings (SSSR count). The van der Waals surface area contributed by atoms with Crippen molar-refractivity contribution in [3.8, 4) is 5.75 Å². The summed E-state index contributed by atoms with van der Waals surface area (Å²) in [6, 6.07) is 4.71. The fourth-order valence-electron chi connectivity index (χ4n) is 1.53. The van der Waals surface area contributed by atoms with Crippen LogP contribution in [0, 0.1) is 0 Å². The summed E-state index contributed by atoms with van der Waals surface area (Å²) in [5, 5.41) is 9.25. The highest BCUT2D eigenvalue weighted by atomic mass is 32.2.